The molecule has 4 aromatic rings. The average molecular weight is 484 g/mol. The van der Waals surface area contributed by atoms with E-state index in [2.05, 4.69) is 4.99 Å². The Balaban J connectivity index is 1.42. The molecule has 1 heterocycles. The molecular weight excluding hydrogens is 462 g/mol. The minimum atomic E-state index is -0.525. The summed E-state index contributed by atoms with van der Waals surface area (Å²) in [5.74, 6) is 0.642. The van der Waals surface area contributed by atoms with E-state index in [0.29, 0.717) is 28.7 Å². The Bertz CT molecular complexity index is 1510. The van der Waals surface area contributed by atoms with Crippen molar-refractivity contribution in [2.45, 2.75) is 13.5 Å². The van der Waals surface area contributed by atoms with Crippen LogP contribution in [0.5, 0.6) is 11.5 Å². The molecular formula is C29H22ClNO4. The van der Waals surface area contributed by atoms with Crippen molar-refractivity contribution in [3.05, 3.63) is 112 Å². The number of hydrogen-bond acceptors (Lipinski definition) is 5. The minimum absolute atomic E-state index is 0.180. The standard InChI is InChI=1S/C29H22ClNO4/c1-18-7-3-4-10-23(18)17-34-27-24(30)13-19(15-26(27)33-2)14-25-29(32)35-28(31-25)22-12-11-20-8-5-6-9-21(20)16-22/h3-16H,17H2,1-2H3/b25-14-. The highest BCUT2D eigenvalue weighted by Gasteiger charge is 2.25. The number of halogens is 1. The van der Waals surface area contributed by atoms with Gasteiger partial charge in [-0.1, -0.05) is 66.2 Å². The summed E-state index contributed by atoms with van der Waals surface area (Å²) in [7, 11) is 1.54. The number of carbonyl (C=O) groups is 1. The molecule has 1 aliphatic heterocycles. The van der Waals surface area contributed by atoms with Crippen LogP contribution >= 0.6 is 11.6 Å². The second kappa shape index (κ2) is 9.65. The topological polar surface area (TPSA) is 57.1 Å². The fourth-order valence-electron chi connectivity index (χ4n) is 3.90. The highest BCUT2D eigenvalue weighted by Crippen LogP contribution is 2.38. The first kappa shape index (κ1) is 22.7. The third-order valence-corrected chi connectivity index (χ3v) is 6.09. The number of rotatable bonds is 6. The Morgan fingerprint density at radius 1 is 0.971 bits per heavy atom. The normalized spacial score (nSPS) is 14.2. The molecule has 5 nitrogen and oxygen atoms in total. The minimum Gasteiger partial charge on any atom is -0.493 e. The second-order valence-corrected chi connectivity index (χ2v) is 8.55. The number of benzene rings is 4. The Morgan fingerprint density at radius 3 is 2.54 bits per heavy atom. The molecule has 0 unspecified atom stereocenters. The van der Waals surface area contributed by atoms with Gasteiger partial charge in [-0.05, 0) is 64.7 Å². The van der Waals surface area contributed by atoms with E-state index in [0.717, 1.165) is 27.5 Å². The van der Waals surface area contributed by atoms with E-state index in [9.17, 15) is 4.79 Å². The molecule has 6 heteroatoms. The van der Waals surface area contributed by atoms with E-state index in [1.807, 2.05) is 73.7 Å². The molecule has 0 saturated carbocycles. The quantitative estimate of drug-likeness (QED) is 0.225. The van der Waals surface area contributed by atoms with Crippen LogP contribution in [0, 0.1) is 6.92 Å². The van der Waals surface area contributed by atoms with Crippen LogP contribution in [-0.2, 0) is 16.1 Å². The lowest BCUT2D eigenvalue weighted by Crippen LogP contribution is -2.05. The largest absolute Gasteiger partial charge is 0.493 e. The number of fused-ring (bicyclic) bond motifs is 1. The highest BCUT2D eigenvalue weighted by atomic mass is 35.5. The summed E-state index contributed by atoms with van der Waals surface area (Å²) in [5.41, 5.74) is 3.74. The number of nitrogens with zero attached hydrogens (tertiary/aromatic N) is 1. The number of esters is 1. The zero-order valence-corrected chi connectivity index (χ0v) is 20.0. The Hall–Kier alpha value is -4.09. The molecule has 35 heavy (non-hydrogen) atoms. The molecule has 0 fully saturated rings. The van der Waals surface area contributed by atoms with E-state index in [1.165, 1.54) is 0 Å². The maximum absolute atomic E-state index is 12.5. The van der Waals surface area contributed by atoms with Crippen LogP contribution in [0.25, 0.3) is 16.8 Å². The Labute approximate surface area is 208 Å². The zero-order chi connectivity index (χ0) is 24.4. The van der Waals surface area contributed by atoms with Crippen LogP contribution in [0.15, 0.2) is 89.6 Å². The van der Waals surface area contributed by atoms with Gasteiger partial charge in [0.05, 0.1) is 12.1 Å². The summed E-state index contributed by atoms with van der Waals surface area (Å²) in [4.78, 5) is 17.0. The lowest BCUT2D eigenvalue weighted by atomic mass is 10.1. The number of aliphatic imine (C=N–C) groups is 1. The first-order valence-electron chi connectivity index (χ1n) is 11.1. The van der Waals surface area contributed by atoms with Gasteiger partial charge in [0.15, 0.2) is 17.2 Å². The maximum Gasteiger partial charge on any atom is 0.363 e. The van der Waals surface area contributed by atoms with Crippen molar-refractivity contribution in [3.63, 3.8) is 0 Å². The molecule has 1 aliphatic rings. The van der Waals surface area contributed by atoms with Crippen LogP contribution in [0.1, 0.15) is 22.3 Å². The Morgan fingerprint density at radius 2 is 1.74 bits per heavy atom. The van der Waals surface area contributed by atoms with E-state index >= 15 is 0 Å². The molecule has 0 N–H and O–H groups in total. The lowest BCUT2D eigenvalue weighted by Gasteiger charge is -2.14. The summed E-state index contributed by atoms with van der Waals surface area (Å²) < 4.78 is 16.9. The maximum atomic E-state index is 12.5. The van der Waals surface area contributed by atoms with Gasteiger partial charge < -0.3 is 14.2 Å². The third-order valence-electron chi connectivity index (χ3n) is 5.81. The van der Waals surface area contributed by atoms with Crippen LogP contribution in [0.2, 0.25) is 5.02 Å². The predicted molar refractivity (Wildman–Crippen MR) is 138 cm³/mol. The molecule has 5 rings (SSSR count). The molecule has 0 saturated heterocycles. The second-order valence-electron chi connectivity index (χ2n) is 8.15. The average Bonchev–Trinajstić information content (AvgIpc) is 3.23. The van der Waals surface area contributed by atoms with Crippen molar-refractivity contribution in [2.75, 3.05) is 7.11 Å². The van der Waals surface area contributed by atoms with Crippen LogP contribution in [0.4, 0.5) is 0 Å². The molecule has 0 aliphatic carbocycles. The van der Waals surface area contributed by atoms with Crippen molar-refractivity contribution < 1.29 is 19.0 Å². The summed E-state index contributed by atoms with van der Waals surface area (Å²) in [6, 6.07) is 25.2. The highest BCUT2D eigenvalue weighted by molar-refractivity contribution is 6.32. The third kappa shape index (κ3) is 4.77. The van der Waals surface area contributed by atoms with Crippen molar-refractivity contribution in [3.8, 4) is 11.5 Å². The van der Waals surface area contributed by atoms with E-state index in [1.54, 1.807) is 25.3 Å². The molecule has 0 atom stereocenters. The lowest BCUT2D eigenvalue weighted by molar-refractivity contribution is -0.129. The fraction of sp³-hybridized carbons (Fsp3) is 0.103. The smallest absolute Gasteiger partial charge is 0.363 e. The number of aryl methyl sites for hydroxylation is 1. The number of ether oxygens (including phenoxy) is 3. The molecule has 0 radical (unpaired) electrons. The summed E-state index contributed by atoms with van der Waals surface area (Å²) in [6.45, 7) is 2.38. The van der Waals surface area contributed by atoms with Crippen LogP contribution in [-0.4, -0.2) is 19.0 Å². The summed E-state index contributed by atoms with van der Waals surface area (Å²) >= 11 is 6.53. The van der Waals surface area contributed by atoms with Gasteiger partial charge in [-0.2, -0.15) is 0 Å². The SMILES string of the molecule is COc1cc(/C=C2\N=C(c3ccc4ccccc4c3)OC2=O)cc(Cl)c1OCc1ccccc1C. The van der Waals surface area contributed by atoms with Gasteiger partial charge in [-0.25, -0.2) is 9.79 Å². The summed E-state index contributed by atoms with van der Waals surface area (Å²) in [5, 5.41) is 2.51. The van der Waals surface area contributed by atoms with Gasteiger partial charge in [0.25, 0.3) is 0 Å². The van der Waals surface area contributed by atoms with Crippen molar-refractivity contribution in [2.24, 2.45) is 4.99 Å². The number of hydrogen-bond donors (Lipinski definition) is 0. The van der Waals surface area contributed by atoms with Gasteiger partial charge in [0.1, 0.15) is 6.61 Å². The van der Waals surface area contributed by atoms with Crippen molar-refractivity contribution in [1.82, 2.24) is 0 Å². The monoisotopic (exact) mass is 483 g/mol. The molecule has 0 bridgehead atoms. The first-order valence-corrected chi connectivity index (χ1v) is 11.5. The van der Waals surface area contributed by atoms with Gasteiger partial charge >= 0.3 is 5.97 Å². The van der Waals surface area contributed by atoms with Gasteiger partial charge in [0, 0.05) is 5.56 Å². The number of carbonyl (C=O) groups excluding carboxylic acids is 1. The zero-order valence-electron chi connectivity index (χ0n) is 19.2. The van der Waals surface area contributed by atoms with Crippen LogP contribution in [0.3, 0.4) is 0 Å². The Kier molecular flexibility index (Phi) is 6.25. The fourth-order valence-corrected chi connectivity index (χ4v) is 4.17. The van der Waals surface area contributed by atoms with Crippen molar-refractivity contribution >= 4 is 40.3 Å². The molecule has 4 aromatic carbocycles. The molecule has 174 valence electrons. The van der Waals surface area contributed by atoms with Gasteiger partial charge in [-0.15, -0.1) is 0 Å². The van der Waals surface area contributed by atoms with E-state index in [4.69, 9.17) is 25.8 Å². The van der Waals surface area contributed by atoms with Crippen molar-refractivity contribution in [1.29, 1.82) is 0 Å². The van der Waals surface area contributed by atoms with Gasteiger partial charge in [0.2, 0.25) is 5.90 Å². The summed E-state index contributed by atoms with van der Waals surface area (Å²) in [6.07, 6.45) is 1.62. The van der Waals surface area contributed by atoms with E-state index < -0.39 is 5.97 Å². The van der Waals surface area contributed by atoms with Crippen LogP contribution < -0.4 is 9.47 Å². The first-order chi connectivity index (χ1) is 17.0. The number of cyclic esters (lactones) is 1. The molecule has 0 aromatic heterocycles. The molecule has 0 amide bonds. The molecule has 0 spiro atoms. The number of methoxy groups -OCH3 is 1. The van der Waals surface area contributed by atoms with Gasteiger partial charge in [-0.3, -0.25) is 0 Å². The predicted octanol–water partition coefficient (Wildman–Crippen LogP) is 6.73. The van der Waals surface area contributed by atoms with E-state index in [-0.39, 0.29) is 11.6 Å².